The van der Waals surface area contributed by atoms with Crippen LogP contribution in [0.2, 0.25) is 0 Å². The van der Waals surface area contributed by atoms with E-state index in [-0.39, 0.29) is 22.8 Å². The summed E-state index contributed by atoms with van der Waals surface area (Å²) in [5.74, 6) is -1.56. The minimum atomic E-state index is -4.17. The molecule has 0 unspecified atom stereocenters. The molecule has 7 nitrogen and oxygen atoms in total. The molecular weight excluding hydrogens is 421 g/mol. The van der Waals surface area contributed by atoms with E-state index in [1.165, 1.54) is 29.2 Å². The molecule has 0 amide bonds. The molecule has 31 heavy (non-hydrogen) atoms. The van der Waals surface area contributed by atoms with Crippen molar-refractivity contribution < 1.29 is 22.3 Å². The molecule has 9 heteroatoms. The Hall–Kier alpha value is -3.20. The smallest absolute Gasteiger partial charge is 0.338 e. The second-order valence-corrected chi connectivity index (χ2v) is 9.85. The van der Waals surface area contributed by atoms with Gasteiger partial charge in [-0.15, -0.1) is 0 Å². The fraction of sp³-hybridized carbons (Fsp3) is 0.273. The van der Waals surface area contributed by atoms with Gasteiger partial charge in [0.1, 0.15) is 11.4 Å². The van der Waals surface area contributed by atoms with Gasteiger partial charge in [0.25, 0.3) is 10.0 Å². The largest absolute Gasteiger partial charge is 0.456 e. The number of hydrogen-bond acceptors (Lipinski definition) is 5. The average molecular weight is 446 g/mol. The number of ether oxygens (including phenoxy) is 1. The lowest BCUT2D eigenvalue weighted by molar-refractivity contribution is 0.00690. The maximum atomic E-state index is 15.1. The van der Waals surface area contributed by atoms with Crippen LogP contribution in [-0.4, -0.2) is 29.5 Å². The molecule has 0 radical (unpaired) electrons. The SMILES string of the molecule is Cn1cnc(S(=O)(=O)N(Cc2ccccc2)c2ccc(C(=O)OC(C)(C)C)cc2F)c1. The summed E-state index contributed by atoms with van der Waals surface area (Å²) >= 11 is 0. The van der Waals surface area contributed by atoms with Crippen LogP contribution in [0.25, 0.3) is 0 Å². The zero-order chi connectivity index (χ0) is 22.8. The number of sulfonamides is 1. The van der Waals surface area contributed by atoms with Crippen molar-refractivity contribution in [2.75, 3.05) is 4.31 Å². The van der Waals surface area contributed by atoms with Crippen LogP contribution >= 0.6 is 0 Å². The topological polar surface area (TPSA) is 81.5 Å². The van der Waals surface area contributed by atoms with Crippen LogP contribution in [-0.2, 0) is 28.4 Å². The maximum absolute atomic E-state index is 15.1. The second-order valence-electron chi connectivity index (χ2n) is 8.04. The van der Waals surface area contributed by atoms with Gasteiger partial charge in [0.15, 0.2) is 5.03 Å². The highest BCUT2D eigenvalue weighted by molar-refractivity contribution is 7.92. The van der Waals surface area contributed by atoms with E-state index in [4.69, 9.17) is 4.74 Å². The first-order valence-corrected chi connectivity index (χ1v) is 11.0. The Morgan fingerprint density at radius 1 is 1.16 bits per heavy atom. The van der Waals surface area contributed by atoms with Crippen molar-refractivity contribution in [2.24, 2.45) is 7.05 Å². The molecule has 0 saturated carbocycles. The van der Waals surface area contributed by atoms with Gasteiger partial charge in [-0.05, 0) is 44.5 Å². The number of imidazole rings is 1. The van der Waals surface area contributed by atoms with Crippen LogP contribution in [0.3, 0.4) is 0 Å². The summed E-state index contributed by atoms with van der Waals surface area (Å²) in [5, 5.41) is -0.207. The van der Waals surface area contributed by atoms with E-state index < -0.39 is 27.4 Å². The van der Waals surface area contributed by atoms with E-state index >= 15 is 4.39 Å². The summed E-state index contributed by atoms with van der Waals surface area (Å²) < 4.78 is 49.4. The number of carbonyl (C=O) groups excluding carboxylic acids is 1. The fourth-order valence-corrected chi connectivity index (χ4v) is 4.29. The zero-order valence-electron chi connectivity index (χ0n) is 17.7. The Balaban J connectivity index is 2.04. The predicted octanol–water partition coefficient (Wildman–Crippen LogP) is 3.91. The summed E-state index contributed by atoms with van der Waals surface area (Å²) in [5.41, 5.74) is -0.279. The van der Waals surface area contributed by atoms with Gasteiger partial charge in [-0.1, -0.05) is 30.3 Å². The third kappa shape index (κ3) is 5.29. The number of benzene rings is 2. The lowest BCUT2D eigenvalue weighted by Gasteiger charge is -2.24. The van der Waals surface area contributed by atoms with E-state index in [9.17, 15) is 13.2 Å². The molecule has 0 bridgehead atoms. The molecule has 0 aliphatic rings. The molecule has 1 aromatic heterocycles. The number of nitrogens with zero attached hydrogens (tertiary/aromatic N) is 3. The van der Waals surface area contributed by atoms with Crippen LogP contribution in [0.15, 0.2) is 66.1 Å². The highest BCUT2D eigenvalue weighted by Crippen LogP contribution is 2.29. The van der Waals surface area contributed by atoms with E-state index in [1.54, 1.807) is 58.2 Å². The highest BCUT2D eigenvalue weighted by atomic mass is 32.2. The molecule has 0 aliphatic carbocycles. The minimum absolute atomic E-state index is 0.00827. The molecule has 3 rings (SSSR count). The quantitative estimate of drug-likeness (QED) is 0.538. The van der Waals surface area contributed by atoms with E-state index in [0.717, 1.165) is 10.4 Å². The summed E-state index contributed by atoms with van der Waals surface area (Å²) in [4.78, 5) is 16.2. The lowest BCUT2D eigenvalue weighted by atomic mass is 10.1. The maximum Gasteiger partial charge on any atom is 0.338 e. The Kier molecular flexibility index (Phi) is 6.17. The van der Waals surface area contributed by atoms with Crippen molar-refractivity contribution in [1.29, 1.82) is 0 Å². The third-order valence-corrected chi connectivity index (χ3v) is 5.90. The van der Waals surface area contributed by atoms with Gasteiger partial charge in [-0.3, -0.25) is 4.31 Å². The zero-order valence-corrected chi connectivity index (χ0v) is 18.6. The normalized spacial score (nSPS) is 11.9. The van der Waals surface area contributed by atoms with Crippen LogP contribution < -0.4 is 4.31 Å². The molecule has 0 saturated heterocycles. The summed E-state index contributed by atoms with van der Waals surface area (Å²) in [7, 11) is -2.53. The van der Waals surface area contributed by atoms with Gasteiger partial charge in [0.2, 0.25) is 0 Å². The van der Waals surface area contributed by atoms with Crippen LogP contribution in [0.5, 0.6) is 0 Å². The first kappa shape index (κ1) is 22.5. The van der Waals surface area contributed by atoms with Gasteiger partial charge in [0.05, 0.1) is 24.1 Å². The van der Waals surface area contributed by atoms with Gasteiger partial charge < -0.3 is 9.30 Å². The first-order valence-electron chi connectivity index (χ1n) is 9.55. The van der Waals surface area contributed by atoms with Crippen molar-refractivity contribution in [3.8, 4) is 0 Å². The van der Waals surface area contributed by atoms with Crippen molar-refractivity contribution in [3.63, 3.8) is 0 Å². The van der Waals surface area contributed by atoms with Crippen molar-refractivity contribution in [2.45, 2.75) is 37.9 Å². The molecule has 3 aromatic rings. The average Bonchev–Trinajstić information content (AvgIpc) is 3.13. The molecule has 0 fully saturated rings. The molecule has 0 aliphatic heterocycles. The Morgan fingerprint density at radius 3 is 2.39 bits per heavy atom. The number of anilines is 1. The van der Waals surface area contributed by atoms with Crippen molar-refractivity contribution >= 4 is 21.7 Å². The van der Waals surface area contributed by atoms with E-state index in [0.29, 0.717) is 5.56 Å². The van der Waals surface area contributed by atoms with E-state index in [2.05, 4.69) is 4.98 Å². The first-order chi connectivity index (χ1) is 14.5. The molecule has 164 valence electrons. The fourth-order valence-electron chi connectivity index (χ4n) is 2.86. The molecule has 0 N–H and O–H groups in total. The van der Waals surface area contributed by atoms with Crippen LogP contribution in [0.1, 0.15) is 36.7 Å². The van der Waals surface area contributed by atoms with Crippen molar-refractivity contribution in [1.82, 2.24) is 9.55 Å². The van der Waals surface area contributed by atoms with Gasteiger partial charge in [0, 0.05) is 13.2 Å². The Labute approximate surface area is 181 Å². The van der Waals surface area contributed by atoms with Crippen molar-refractivity contribution in [3.05, 3.63) is 78.0 Å². The van der Waals surface area contributed by atoms with Gasteiger partial charge in [-0.25, -0.2) is 14.2 Å². The second kappa shape index (κ2) is 8.50. The monoisotopic (exact) mass is 445 g/mol. The molecule has 1 heterocycles. The number of hydrogen-bond donors (Lipinski definition) is 0. The minimum Gasteiger partial charge on any atom is -0.456 e. The third-order valence-electron chi connectivity index (χ3n) is 4.26. The standard InChI is InChI=1S/C22H24FN3O4S/c1-22(2,3)30-21(27)17-10-11-19(18(23)12-17)26(13-16-8-6-5-7-9-16)31(28,29)20-14-25(4)15-24-20/h5-12,14-15H,13H2,1-4H3. The van der Waals surface area contributed by atoms with Gasteiger partial charge >= 0.3 is 5.97 Å². The number of halogens is 1. The molecular formula is C22H24FN3O4S. The van der Waals surface area contributed by atoms with Crippen LogP contribution in [0.4, 0.5) is 10.1 Å². The Morgan fingerprint density at radius 2 is 1.84 bits per heavy atom. The van der Waals surface area contributed by atoms with Crippen LogP contribution in [0, 0.1) is 5.82 Å². The number of carbonyl (C=O) groups is 1. The predicted molar refractivity (Wildman–Crippen MR) is 115 cm³/mol. The van der Waals surface area contributed by atoms with Gasteiger partial charge in [-0.2, -0.15) is 8.42 Å². The summed E-state index contributed by atoms with van der Waals surface area (Å²) in [6, 6.07) is 12.4. The number of rotatable bonds is 6. The number of aromatic nitrogens is 2. The Bertz CT molecular complexity index is 1180. The lowest BCUT2D eigenvalue weighted by Crippen LogP contribution is -2.32. The van der Waals surface area contributed by atoms with E-state index in [1.807, 2.05) is 0 Å². The molecule has 0 atom stereocenters. The molecule has 2 aromatic carbocycles. The summed E-state index contributed by atoms with van der Waals surface area (Å²) in [6.45, 7) is 5.01. The number of aryl methyl sites for hydroxylation is 1. The summed E-state index contributed by atoms with van der Waals surface area (Å²) in [6.07, 6.45) is 2.70. The highest BCUT2D eigenvalue weighted by Gasteiger charge is 2.30. The number of esters is 1. The molecule has 0 spiro atoms.